The van der Waals surface area contributed by atoms with Crippen molar-refractivity contribution in [1.82, 2.24) is 20.9 Å². The molecule has 2 heterocycles. The molecule has 1 aromatic heterocycles. The average molecular weight is 322 g/mol. The largest absolute Gasteiger partial charge is 0.463 e. The van der Waals surface area contributed by atoms with Crippen molar-refractivity contribution in [2.24, 2.45) is 0 Å². The minimum absolute atomic E-state index is 0.278. The van der Waals surface area contributed by atoms with Crippen LogP contribution in [0.1, 0.15) is 25.4 Å². The third kappa shape index (κ3) is 3.17. The van der Waals surface area contributed by atoms with Gasteiger partial charge in [-0.15, -0.1) is 0 Å². The normalized spacial score (nSPS) is 20.4. The molecule has 0 aliphatic carbocycles. The molecule has 0 spiro atoms. The second kappa shape index (κ2) is 6.11. The molecule has 3 N–H and O–H groups in total. The average Bonchev–Trinajstić information content (AvgIpc) is 2.98. The van der Waals surface area contributed by atoms with Crippen LogP contribution in [0.25, 0.3) is 0 Å². The number of carbonyl (C=O) groups is 4. The summed E-state index contributed by atoms with van der Waals surface area (Å²) in [4.78, 5) is 48.3. The smallest absolute Gasteiger partial charge is 0.325 e. The Morgan fingerprint density at radius 3 is 2.61 bits per heavy atom. The van der Waals surface area contributed by atoms with E-state index in [1.54, 1.807) is 26.0 Å². The maximum atomic E-state index is 12.5. The van der Waals surface area contributed by atoms with Crippen LogP contribution < -0.4 is 16.0 Å². The number of hydrogen-bond donors (Lipinski definition) is 3. The lowest BCUT2D eigenvalue weighted by Crippen LogP contribution is -2.46. The predicted molar refractivity (Wildman–Crippen MR) is 78.3 cm³/mol. The first-order valence-corrected chi connectivity index (χ1v) is 7.06. The zero-order valence-corrected chi connectivity index (χ0v) is 13.1. The van der Waals surface area contributed by atoms with Crippen LogP contribution in [0.4, 0.5) is 9.59 Å². The fraction of sp³-hybridized carbons (Fsp3) is 0.429. The van der Waals surface area contributed by atoms with Crippen LogP contribution in [0.3, 0.4) is 0 Å². The standard InChI is InChI=1S/C14H18N4O5/c1-4-15-12(21)16-10(19)7-18-11(20)14(3,17-13(18)22)9-6-5-8(2)23-9/h5-6H,4,7H2,1-3H3,(H,17,22)(H2,15,16,19,21)/t14-/m0/s1. The third-order valence-electron chi connectivity index (χ3n) is 3.40. The van der Waals surface area contributed by atoms with Gasteiger partial charge in [0.2, 0.25) is 5.91 Å². The lowest BCUT2D eigenvalue weighted by molar-refractivity contribution is -0.135. The van der Waals surface area contributed by atoms with Crippen molar-refractivity contribution in [3.8, 4) is 0 Å². The number of furan rings is 1. The van der Waals surface area contributed by atoms with E-state index < -0.39 is 36.0 Å². The van der Waals surface area contributed by atoms with Gasteiger partial charge in [-0.1, -0.05) is 0 Å². The summed E-state index contributed by atoms with van der Waals surface area (Å²) >= 11 is 0. The van der Waals surface area contributed by atoms with E-state index >= 15 is 0 Å². The molecule has 1 fully saturated rings. The summed E-state index contributed by atoms with van der Waals surface area (Å²) in [7, 11) is 0. The van der Waals surface area contributed by atoms with E-state index in [1.807, 2.05) is 5.32 Å². The topological polar surface area (TPSA) is 121 Å². The van der Waals surface area contributed by atoms with E-state index in [0.29, 0.717) is 12.3 Å². The SMILES string of the molecule is CCNC(=O)NC(=O)CN1C(=O)N[C@@](C)(c2ccc(C)o2)C1=O. The second-order valence-electron chi connectivity index (χ2n) is 5.26. The maximum absolute atomic E-state index is 12.5. The highest BCUT2D eigenvalue weighted by Gasteiger charge is 2.51. The number of urea groups is 2. The summed E-state index contributed by atoms with van der Waals surface area (Å²) in [5.74, 6) is -0.516. The molecule has 0 saturated carbocycles. The van der Waals surface area contributed by atoms with Crippen molar-refractivity contribution < 1.29 is 23.6 Å². The molecule has 2 rings (SSSR count). The molecule has 124 valence electrons. The number of nitrogens with one attached hydrogen (secondary N) is 3. The molecule has 1 atom stereocenters. The van der Waals surface area contributed by atoms with Crippen molar-refractivity contribution >= 4 is 23.9 Å². The molecule has 0 radical (unpaired) electrons. The zero-order chi connectivity index (χ0) is 17.2. The van der Waals surface area contributed by atoms with Gasteiger partial charge in [0, 0.05) is 6.54 Å². The quantitative estimate of drug-likeness (QED) is 0.684. The Labute approximate surface area is 132 Å². The predicted octanol–water partition coefficient (Wildman–Crippen LogP) is 0.201. The lowest BCUT2D eigenvalue weighted by Gasteiger charge is -2.18. The van der Waals surface area contributed by atoms with Crippen LogP contribution >= 0.6 is 0 Å². The molecule has 0 aromatic carbocycles. The van der Waals surface area contributed by atoms with Crippen LogP contribution in [0.2, 0.25) is 0 Å². The van der Waals surface area contributed by atoms with Crippen molar-refractivity contribution in [2.75, 3.05) is 13.1 Å². The Kier molecular flexibility index (Phi) is 4.39. The van der Waals surface area contributed by atoms with Gasteiger partial charge < -0.3 is 15.1 Å². The molecule has 1 aliphatic heterocycles. The van der Waals surface area contributed by atoms with Gasteiger partial charge in [0.25, 0.3) is 5.91 Å². The highest BCUT2D eigenvalue weighted by molar-refractivity contribution is 6.09. The fourth-order valence-electron chi connectivity index (χ4n) is 2.23. The number of imide groups is 2. The number of hydrogen-bond acceptors (Lipinski definition) is 5. The molecular weight excluding hydrogens is 304 g/mol. The molecule has 6 amide bonds. The summed E-state index contributed by atoms with van der Waals surface area (Å²) in [6.45, 7) is 4.69. The van der Waals surface area contributed by atoms with Gasteiger partial charge in [-0.25, -0.2) is 9.59 Å². The van der Waals surface area contributed by atoms with Gasteiger partial charge in [0.15, 0.2) is 5.54 Å². The first kappa shape index (κ1) is 16.5. The maximum Gasteiger partial charge on any atom is 0.325 e. The number of aryl methyl sites for hydroxylation is 1. The van der Waals surface area contributed by atoms with Crippen molar-refractivity contribution in [2.45, 2.75) is 26.3 Å². The lowest BCUT2D eigenvalue weighted by atomic mass is 9.99. The highest BCUT2D eigenvalue weighted by Crippen LogP contribution is 2.29. The van der Waals surface area contributed by atoms with Crippen LogP contribution in [-0.4, -0.2) is 41.9 Å². The third-order valence-corrected chi connectivity index (χ3v) is 3.40. The van der Waals surface area contributed by atoms with Crippen molar-refractivity contribution in [3.05, 3.63) is 23.7 Å². The Morgan fingerprint density at radius 2 is 2.04 bits per heavy atom. The molecule has 0 bridgehead atoms. The van der Waals surface area contributed by atoms with Gasteiger partial charge in [-0.05, 0) is 32.9 Å². The van der Waals surface area contributed by atoms with Crippen LogP contribution in [0, 0.1) is 6.92 Å². The molecule has 1 aliphatic rings. The van der Waals surface area contributed by atoms with E-state index in [-0.39, 0.29) is 5.76 Å². The summed E-state index contributed by atoms with van der Waals surface area (Å²) < 4.78 is 5.41. The number of rotatable bonds is 4. The monoisotopic (exact) mass is 322 g/mol. The number of carbonyl (C=O) groups excluding carboxylic acids is 4. The van der Waals surface area contributed by atoms with Gasteiger partial charge >= 0.3 is 12.1 Å². The second-order valence-corrected chi connectivity index (χ2v) is 5.26. The van der Waals surface area contributed by atoms with Gasteiger partial charge in [0.1, 0.15) is 18.1 Å². The first-order chi connectivity index (χ1) is 10.8. The fourth-order valence-corrected chi connectivity index (χ4v) is 2.23. The molecular formula is C14H18N4O5. The van der Waals surface area contributed by atoms with Gasteiger partial charge in [-0.2, -0.15) is 0 Å². The van der Waals surface area contributed by atoms with Crippen molar-refractivity contribution in [3.63, 3.8) is 0 Å². The van der Waals surface area contributed by atoms with E-state index in [0.717, 1.165) is 4.90 Å². The summed E-state index contributed by atoms with van der Waals surface area (Å²) in [5, 5.41) is 6.92. The summed E-state index contributed by atoms with van der Waals surface area (Å²) in [5.41, 5.74) is -1.38. The highest BCUT2D eigenvalue weighted by atomic mass is 16.3. The van der Waals surface area contributed by atoms with E-state index in [2.05, 4.69) is 10.6 Å². The van der Waals surface area contributed by atoms with Crippen molar-refractivity contribution in [1.29, 1.82) is 0 Å². The Balaban J connectivity index is 2.10. The van der Waals surface area contributed by atoms with E-state index in [9.17, 15) is 19.2 Å². The minimum atomic E-state index is -1.38. The molecule has 23 heavy (non-hydrogen) atoms. The first-order valence-electron chi connectivity index (χ1n) is 7.06. The molecule has 9 nitrogen and oxygen atoms in total. The van der Waals surface area contributed by atoms with Crippen LogP contribution in [-0.2, 0) is 15.1 Å². The van der Waals surface area contributed by atoms with E-state index in [1.165, 1.54) is 6.92 Å². The van der Waals surface area contributed by atoms with Gasteiger partial charge in [-0.3, -0.25) is 19.8 Å². The molecule has 9 heteroatoms. The summed E-state index contributed by atoms with van der Waals surface area (Å²) in [6, 6.07) is 1.85. The van der Waals surface area contributed by atoms with Crippen LogP contribution in [0.15, 0.2) is 16.5 Å². The Hall–Kier alpha value is -2.84. The zero-order valence-electron chi connectivity index (χ0n) is 13.1. The summed E-state index contributed by atoms with van der Waals surface area (Å²) in [6.07, 6.45) is 0. The molecule has 1 aromatic rings. The van der Waals surface area contributed by atoms with Gasteiger partial charge in [0.05, 0.1) is 0 Å². The number of nitrogens with zero attached hydrogens (tertiary/aromatic N) is 1. The Bertz CT molecular complexity index is 668. The Morgan fingerprint density at radius 1 is 1.35 bits per heavy atom. The minimum Gasteiger partial charge on any atom is -0.463 e. The molecule has 0 unspecified atom stereocenters. The number of amides is 6. The van der Waals surface area contributed by atoms with E-state index in [4.69, 9.17) is 4.42 Å². The molecule has 1 saturated heterocycles. The van der Waals surface area contributed by atoms with Crippen LogP contribution in [0.5, 0.6) is 0 Å².